The number of amides is 1. The molecule has 1 amide bonds. The second-order valence-electron chi connectivity index (χ2n) is 8.54. The van der Waals surface area contributed by atoms with Gasteiger partial charge < -0.3 is 16.6 Å². The summed E-state index contributed by atoms with van der Waals surface area (Å²) < 4.78 is 3.52. The van der Waals surface area contributed by atoms with Crippen molar-refractivity contribution in [2.24, 2.45) is 5.73 Å². The third kappa shape index (κ3) is 6.35. The van der Waals surface area contributed by atoms with E-state index in [0.29, 0.717) is 17.8 Å². The van der Waals surface area contributed by atoms with Gasteiger partial charge in [0.25, 0.3) is 0 Å². The molecule has 2 heterocycles. The van der Waals surface area contributed by atoms with Crippen LogP contribution >= 0.6 is 0 Å². The molecule has 2 aromatic heterocycles. The zero-order valence-electron chi connectivity index (χ0n) is 20.3. The molecule has 182 valence electrons. The first kappa shape index (κ1) is 25.2. The topological polar surface area (TPSA) is 142 Å². The number of aryl methyl sites for hydroxylation is 2. The van der Waals surface area contributed by atoms with Crippen molar-refractivity contribution in [3.05, 3.63) is 99.6 Å². The van der Waals surface area contributed by atoms with E-state index in [1.54, 1.807) is 10.7 Å². The van der Waals surface area contributed by atoms with E-state index in [1.165, 1.54) is 18.0 Å². The first-order valence-corrected chi connectivity index (χ1v) is 11.0. The SMILES string of the molecule is Cc1cc(N)c(C)c(C)c1C(N)=O.Cc1cnn(Cc2ccc(Cn3cc(C(=O)O)cn3)cc2)c1. The van der Waals surface area contributed by atoms with Gasteiger partial charge in [0.05, 0.1) is 31.0 Å². The van der Waals surface area contributed by atoms with Gasteiger partial charge in [-0.3, -0.25) is 14.2 Å². The molecule has 0 spiro atoms. The fourth-order valence-electron chi connectivity index (χ4n) is 3.73. The van der Waals surface area contributed by atoms with Crippen molar-refractivity contribution < 1.29 is 14.7 Å². The van der Waals surface area contributed by atoms with Gasteiger partial charge in [0.2, 0.25) is 5.91 Å². The summed E-state index contributed by atoms with van der Waals surface area (Å²) in [6.45, 7) is 8.88. The molecule has 0 unspecified atom stereocenters. The minimum absolute atomic E-state index is 0.200. The Morgan fingerprint density at radius 3 is 1.89 bits per heavy atom. The molecule has 0 atom stereocenters. The Hall–Kier alpha value is -4.40. The van der Waals surface area contributed by atoms with Crippen LogP contribution in [0.2, 0.25) is 0 Å². The van der Waals surface area contributed by atoms with Crippen LogP contribution in [0.5, 0.6) is 0 Å². The van der Waals surface area contributed by atoms with Gasteiger partial charge in [0, 0.05) is 23.6 Å². The number of nitrogens with two attached hydrogens (primary N) is 2. The lowest BCUT2D eigenvalue weighted by Gasteiger charge is -2.11. The van der Waals surface area contributed by atoms with Gasteiger partial charge in [0.1, 0.15) is 0 Å². The molecule has 4 rings (SSSR count). The Morgan fingerprint density at radius 1 is 0.886 bits per heavy atom. The van der Waals surface area contributed by atoms with Crippen LogP contribution in [0.25, 0.3) is 0 Å². The second kappa shape index (κ2) is 10.7. The molecule has 0 bridgehead atoms. The van der Waals surface area contributed by atoms with E-state index >= 15 is 0 Å². The van der Waals surface area contributed by atoms with Gasteiger partial charge in [0.15, 0.2) is 0 Å². The van der Waals surface area contributed by atoms with Crippen LogP contribution in [-0.4, -0.2) is 36.5 Å². The number of aromatic carboxylic acids is 1. The van der Waals surface area contributed by atoms with E-state index in [-0.39, 0.29) is 5.56 Å². The molecular weight excluding hydrogens is 444 g/mol. The highest BCUT2D eigenvalue weighted by molar-refractivity contribution is 5.96. The van der Waals surface area contributed by atoms with Crippen LogP contribution in [0.4, 0.5) is 5.69 Å². The summed E-state index contributed by atoms with van der Waals surface area (Å²) in [5.41, 5.74) is 18.5. The number of carboxylic acids is 1. The molecule has 9 nitrogen and oxygen atoms in total. The first-order valence-electron chi connectivity index (χ1n) is 11.0. The molecule has 35 heavy (non-hydrogen) atoms. The number of carboxylic acid groups (broad SMARTS) is 1. The number of primary amides is 1. The van der Waals surface area contributed by atoms with E-state index in [4.69, 9.17) is 16.6 Å². The Labute approximate surface area is 204 Å². The highest BCUT2D eigenvalue weighted by atomic mass is 16.4. The van der Waals surface area contributed by atoms with Crippen molar-refractivity contribution in [2.45, 2.75) is 40.8 Å². The van der Waals surface area contributed by atoms with Crippen molar-refractivity contribution in [3.8, 4) is 0 Å². The molecule has 0 saturated heterocycles. The third-order valence-electron chi connectivity index (χ3n) is 5.74. The van der Waals surface area contributed by atoms with Gasteiger partial charge in [-0.1, -0.05) is 24.3 Å². The first-order chi connectivity index (χ1) is 16.5. The van der Waals surface area contributed by atoms with Gasteiger partial charge >= 0.3 is 5.97 Å². The number of anilines is 1. The molecule has 0 aliphatic heterocycles. The van der Waals surface area contributed by atoms with Crippen molar-refractivity contribution >= 4 is 17.6 Å². The number of benzene rings is 2. The fourth-order valence-corrected chi connectivity index (χ4v) is 3.73. The zero-order chi connectivity index (χ0) is 25.7. The number of carbonyl (C=O) groups is 2. The number of hydrogen-bond acceptors (Lipinski definition) is 5. The largest absolute Gasteiger partial charge is 0.478 e. The molecule has 5 N–H and O–H groups in total. The zero-order valence-corrected chi connectivity index (χ0v) is 20.3. The van der Waals surface area contributed by atoms with Gasteiger partial charge in [-0.25, -0.2) is 4.79 Å². The number of rotatable bonds is 6. The van der Waals surface area contributed by atoms with Crippen LogP contribution in [-0.2, 0) is 13.1 Å². The number of carbonyl (C=O) groups excluding carboxylic acids is 1. The lowest BCUT2D eigenvalue weighted by molar-refractivity contribution is 0.0696. The Balaban J connectivity index is 0.000000225. The Morgan fingerprint density at radius 2 is 1.43 bits per heavy atom. The number of aromatic nitrogens is 4. The molecule has 0 radical (unpaired) electrons. The minimum atomic E-state index is -0.962. The van der Waals surface area contributed by atoms with Crippen molar-refractivity contribution in [1.29, 1.82) is 0 Å². The highest BCUT2D eigenvalue weighted by Crippen LogP contribution is 2.22. The Kier molecular flexibility index (Phi) is 7.70. The summed E-state index contributed by atoms with van der Waals surface area (Å²) in [6.07, 6.45) is 6.73. The summed E-state index contributed by atoms with van der Waals surface area (Å²) in [6, 6.07) is 9.92. The molecular formula is C26H30N6O3. The molecule has 2 aromatic carbocycles. The van der Waals surface area contributed by atoms with Crippen molar-refractivity contribution in [3.63, 3.8) is 0 Å². The van der Waals surface area contributed by atoms with Crippen LogP contribution in [0.15, 0.2) is 55.1 Å². The summed E-state index contributed by atoms with van der Waals surface area (Å²) in [5, 5.41) is 17.2. The number of nitrogen functional groups attached to an aromatic ring is 1. The molecule has 9 heteroatoms. The maximum atomic E-state index is 11.1. The maximum absolute atomic E-state index is 11.1. The van der Waals surface area contributed by atoms with Crippen LogP contribution in [0.1, 0.15) is 54.1 Å². The van der Waals surface area contributed by atoms with E-state index in [0.717, 1.165) is 34.4 Å². The van der Waals surface area contributed by atoms with E-state index < -0.39 is 11.9 Å². The van der Waals surface area contributed by atoms with E-state index in [2.05, 4.69) is 10.2 Å². The molecule has 0 aliphatic carbocycles. The average Bonchev–Trinajstić information content (AvgIpc) is 3.43. The minimum Gasteiger partial charge on any atom is -0.478 e. The van der Waals surface area contributed by atoms with Gasteiger partial charge in [-0.2, -0.15) is 10.2 Å². The normalized spacial score (nSPS) is 10.5. The van der Waals surface area contributed by atoms with Crippen LogP contribution in [0, 0.1) is 27.7 Å². The average molecular weight is 475 g/mol. The van der Waals surface area contributed by atoms with Gasteiger partial charge in [-0.15, -0.1) is 0 Å². The summed E-state index contributed by atoms with van der Waals surface area (Å²) in [7, 11) is 0. The van der Waals surface area contributed by atoms with Crippen molar-refractivity contribution in [2.75, 3.05) is 5.73 Å². The van der Waals surface area contributed by atoms with Crippen LogP contribution < -0.4 is 11.5 Å². The smallest absolute Gasteiger partial charge is 0.338 e. The van der Waals surface area contributed by atoms with Crippen molar-refractivity contribution in [1.82, 2.24) is 19.6 Å². The van der Waals surface area contributed by atoms with E-state index in [1.807, 2.05) is 69.0 Å². The molecule has 0 aliphatic rings. The lowest BCUT2D eigenvalue weighted by atomic mass is 9.96. The number of nitrogens with zero attached hydrogens (tertiary/aromatic N) is 4. The summed E-state index contributed by atoms with van der Waals surface area (Å²) in [4.78, 5) is 21.9. The van der Waals surface area contributed by atoms with Crippen LogP contribution in [0.3, 0.4) is 0 Å². The maximum Gasteiger partial charge on any atom is 0.338 e. The monoisotopic (exact) mass is 474 g/mol. The second-order valence-corrected chi connectivity index (χ2v) is 8.54. The summed E-state index contributed by atoms with van der Waals surface area (Å²) in [5.74, 6) is -1.35. The quantitative estimate of drug-likeness (QED) is 0.365. The molecule has 0 fully saturated rings. The third-order valence-corrected chi connectivity index (χ3v) is 5.74. The number of hydrogen-bond donors (Lipinski definition) is 3. The predicted octanol–water partition coefficient (Wildman–Crippen LogP) is 3.48. The highest BCUT2D eigenvalue weighted by Gasteiger charge is 2.12. The lowest BCUT2D eigenvalue weighted by Crippen LogP contribution is -2.15. The van der Waals surface area contributed by atoms with E-state index in [9.17, 15) is 9.59 Å². The molecule has 4 aromatic rings. The fraction of sp³-hybridized carbons (Fsp3) is 0.231. The molecule has 0 saturated carbocycles. The Bertz CT molecular complexity index is 1350. The predicted molar refractivity (Wildman–Crippen MR) is 134 cm³/mol. The van der Waals surface area contributed by atoms with Gasteiger partial charge in [-0.05, 0) is 67.1 Å². The standard InChI is InChI=1S/C16H16N4O2.C10H14N2O/c1-12-6-17-19(8-12)9-13-2-4-14(5-3-13)10-20-11-15(7-18-20)16(21)22;1-5-4-8(11)6(2)7(3)9(5)10(12)13/h2-8,11H,9-10H2,1H3,(H,21,22);4H,11H2,1-3H3,(H2,12,13). The summed E-state index contributed by atoms with van der Waals surface area (Å²) >= 11 is 0.